The van der Waals surface area contributed by atoms with Gasteiger partial charge in [0.25, 0.3) is 5.56 Å². The smallest absolute Gasteiger partial charge is 0.264 e. The van der Waals surface area contributed by atoms with Crippen molar-refractivity contribution in [1.29, 1.82) is 0 Å². The van der Waals surface area contributed by atoms with Gasteiger partial charge in [0.2, 0.25) is 0 Å². The van der Waals surface area contributed by atoms with E-state index >= 15 is 0 Å². The molecule has 2 aliphatic heterocycles. The van der Waals surface area contributed by atoms with Crippen LogP contribution in [0.15, 0.2) is 65.8 Å². The average molecular weight is 545 g/mol. The molecule has 1 atom stereocenters. The number of aliphatic hydroxyl groups is 1. The summed E-state index contributed by atoms with van der Waals surface area (Å²) in [7, 11) is 0. The Morgan fingerprint density at radius 3 is 2.50 bits per heavy atom. The van der Waals surface area contributed by atoms with Crippen LogP contribution in [0.2, 0.25) is 0 Å². The van der Waals surface area contributed by atoms with Gasteiger partial charge in [-0.1, -0.05) is 30.7 Å². The first-order chi connectivity index (χ1) is 19.5. The maximum atomic E-state index is 13.3. The van der Waals surface area contributed by atoms with E-state index in [1.165, 1.54) is 47.9 Å². The first-order valence-electron chi connectivity index (χ1n) is 14.4. The monoisotopic (exact) mass is 544 g/mol. The number of nitrogens with zero attached hydrogens (tertiary/aromatic N) is 5. The van der Waals surface area contributed by atoms with E-state index in [0.717, 1.165) is 30.6 Å². The highest BCUT2D eigenvalue weighted by Gasteiger charge is 2.33. The van der Waals surface area contributed by atoms with Crippen molar-refractivity contribution in [2.24, 2.45) is 0 Å². The van der Waals surface area contributed by atoms with Crippen molar-refractivity contribution in [3.63, 3.8) is 0 Å². The number of rotatable bonds is 8. The van der Waals surface area contributed by atoms with E-state index in [4.69, 9.17) is 0 Å². The molecule has 210 valence electrons. The molecule has 2 aliphatic rings. The molecule has 0 bridgehead atoms. The molecule has 0 radical (unpaired) electrons. The number of fused-ring (bicyclic) bond motifs is 1. The third kappa shape index (κ3) is 6.01. The van der Waals surface area contributed by atoms with E-state index in [1.807, 2.05) is 12.1 Å². The molecule has 1 unspecified atom stereocenters. The number of aromatic nitrogens is 4. The number of halogens is 1. The van der Waals surface area contributed by atoms with Crippen LogP contribution in [-0.4, -0.2) is 60.6 Å². The molecule has 0 amide bonds. The lowest BCUT2D eigenvalue weighted by atomic mass is 9.91. The van der Waals surface area contributed by atoms with Crippen molar-refractivity contribution < 1.29 is 9.50 Å². The van der Waals surface area contributed by atoms with E-state index in [2.05, 4.69) is 32.4 Å². The molecule has 4 aromatic rings. The first-order valence-corrected chi connectivity index (χ1v) is 14.4. The van der Waals surface area contributed by atoms with Crippen LogP contribution in [0.4, 0.5) is 4.39 Å². The molecule has 4 heterocycles. The molecule has 8 nitrogen and oxygen atoms in total. The van der Waals surface area contributed by atoms with E-state index < -0.39 is 5.60 Å². The highest BCUT2D eigenvalue weighted by Crippen LogP contribution is 2.25. The molecule has 0 aliphatic carbocycles. The molecule has 6 rings (SSSR count). The van der Waals surface area contributed by atoms with Crippen molar-refractivity contribution in [2.45, 2.75) is 69.7 Å². The van der Waals surface area contributed by atoms with Crippen molar-refractivity contribution in [3.05, 3.63) is 88.4 Å². The highest BCUT2D eigenvalue weighted by molar-refractivity contribution is 5.74. The summed E-state index contributed by atoms with van der Waals surface area (Å²) in [6.07, 6.45) is 10.2. The van der Waals surface area contributed by atoms with Crippen LogP contribution in [0.3, 0.4) is 0 Å². The van der Waals surface area contributed by atoms with Crippen LogP contribution >= 0.6 is 0 Å². The van der Waals surface area contributed by atoms with Crippen molar-refractivity contribution in [3.8, 4) is 5.69 Å². The quantitative estimate of drug-likeness (QED) is 0.351. The summed E-state index contributed by atoms with van der Waals surface area (Å²) in [5.74, 6) is -0.241. The first kappa shape index (κ1) is 26.8. The topological polar surface area (TPSA) is 88.2 Å². The number of hydrogen-bond donors (Lipinski definition) is 2. The molecule has 40 heavy (non-hydrogen) atoms. The molecule has 2 N–H and O–H groups in total. The van der Waals surface area contributed by atoms with Gasteiger partial charge in [-0.25, -0.2) is 14.1 Å². The van der Waals surface area contributed by atoms with Crippen molar-refractivity contribution >= 4 is 11.0 Å². The standard InChI is InChI=1S/C31H37FN6O2/c32-25-9-4-24(5-10-25)20-36-17-14-31(40,15-18-36)21-37-22-34-29-28(30(37)39)19-35-38(29)27-12-7-23(8-13-27)6-11-26-3-1-2-16-33-26/h4-5,7-10,12-13,19,22,26,33,40H,1-3,6,11,14-18,20-21H2. The number of piperidine rings is 2. The Morgan fingerprint density at radius 1 is 1.02 bits per heavy atom. The Hall–Kier alpha value is -3.40. The fourth-order valence-corrected chi connectivity index (χ4v) is 6.02. The molecule has 2 aromatic heterocycles. The molecule has 2 aromatic carbocycles. The summed E-state index contributed by atoms with van der Waals surface area (Å²) in [5, 5.41) is 19.8. The molecule has 2 saturated heterocycles. The Kier molecular flexibility index (Phi) is 7.78. The van der Waals surface area contributed by atoms with Crippen LogP contribution < -0.4 is 10.9 Å². The zero-order chi connectivity index (χ0) is 27.5. The van der Waals surface area contributed by atoms with Gasteiger partial charge in [-0.3, -0.25) is 14.3 Å². The van der Waals surface area contributed by atoms with Gasteiger partial charge in [-0.15, -0.1) is 0 Å². The second kappa shape index (κ2) is 11.6. The third-order valence-electron chi connectivity index (χ3n) is 8.50. The van der Waals surface area contributed by atoms with E-state index in [-0.39, 0.29) is 17.9 Å². The number of likely N-dealkylation sites (tertiary alicyclic amines) is 1. The molecular weight excluding hydrogens is 507 g/mol. The summed E-state index contributed by atoms with van der Waals surface area (Å²) < 4.78 is 16.4. The summed E-state index contributed by atoms with van der Waals surface area (Å²) in [6, 6.07) is 15.5. The Labute approximate surface area is 233 Å². The Morgan fingerprint density at radius 2 is 1.77 bits per heavy atom. The maximum Gasteiger partial charge on any atom is 0.264 e. The van der Waals surface area contributed by atoms with Gasteiger partial charge < -0.3 is 10.4 Å². The third-order valence-corrected chi connectivity index (χ3v) is 8.50. The second-order valence-corrected chi connectivity index (χ2v) is 11.5. The van der Waals surface area contributed by atoms with E-state index in [0.29, 0.717) is 49.6 Å². The highest BCUT2D eigenvalue weighted by atomic mass is 19.1. The van der Waals surface area contributed by atoms with Gasteiger partial charge >= 0.3 is 0 Å². The molecule has 9 heteroatoms. The predicted molar refractivity (Wildman–Crippen MR) is 153 cm³/mol. The number of aryl methyl sites for hydroxylation is 1. The van der Waals surface area contributed by atoms with Crippen molar-refractivity contribution in [2.75, 3.05) is 19.6 Å². The summed E-state index contributed by atoms with van der Waals surface area (Å²) >= 11 is 0. The van der Waals surface area contributed by atoms with Gasteiger partial charge in [0.15, 0.2) is 5.65 Å². The summed E-state index contributed by atoms with van der Waals surface area (Å²) in [6.45, 7) is 3.42. The van der Waals surface area contributed by atoms with Gasteiger partial charge in [0, 0.05) is 25.7 Å². The zero-order valence-corrected chi connectivity index (χ0v) is 22.8. The lowest BCUT2D eigenvalue weighted by Gasteiger charge is -2.38. The SMILES string of the molecule is O=c1c2cnn(-c3ccc(CCC4CCCCN4)cc3)c2ncn1CC1(O)CCN(Cc2ccc(F)cc2)CC1. The normalized spacial score (nSPS) is 19.7. The van der Waals surface area contributed by atoms with Gasteiger partial charge in [-0.2, -0.15) is 5.10 Å². The number of benzene rings is 2. The molecular formula is C31H37FN6O2. The van der Waals surface area contributed by atoms with Crippen LogP contribution in [0.1, 0.15) is 49.7 Å². The minimum Gasteiger partial charge on any atom is -0.388 e. The lowest BCUT2D eigenvalue weighted by molar-refractivity contribution is -0.0364. The van der Waals surface area contributed by atoms with E-state index in [9.17, 15) is 14.3 Å². The number of hydrogen-bond acceptors (Lipinski definition) is 6. The Bertz CT molecular complexity index is 1480. The fraction of sp³-hybridized carbons (Fsp3) is 0.452. The van der Waals surface area contributed by atoms with Crippen LogP contribution in [-0.2, 0) is 19.5 Å². The van der Waals surface area contributed by atoms with Gasteiger partial charge in [0.05, 0.1) is 24.0 Å². The van der Waals surface area contributed by atoms with Crippen molar-refractivity contribution in [1.82, 2.24) is 29.5 Å². The summed E-state index contributed by atoms with van der Waals surface area (Å²) in [5.41, 5.74) is 2.53. The predicted octanol–water partition coefficient (Wildman–Crippen LogP) is 3.82. The lowest BCUT2D eigenvalue weighted by Crippen LogP contribution is -2.47. The average Bonchev–Trinajstić information content (AvgIpc) is 3.42. The van der Waals surface area contributed by atoms with Gasteiger partial charge in [0.1, 0.15) is 17.5 Å². The second-order valence-electron chi connectivity index (χ2n) is 11.5. The Balaban J connectivity index is 1.09. The largest absolute Gasteiger partial charge is 0.388 e. The molecule has 2 fully saturated rings. The zero-order valence-electron chi connectivity index (χ0n) is 22.8. The van der Waals surface area contributed by atoms with Gasteiger partial charge in [-0.05, 0) is 80.5 Å². The molecule has 0 saturated carbocycles. The van der Waals surface area contributed by atoms with Crippen LogP contribution in [0.25, 0.3) is 16.7 Å². The van der Waals surface area contributed by atoms with E-state index in [1.54, 1.807) is 23.0 Å². The number of nitrogens with one attached hydrogen (secondary N) is 1. The van der Waals surface area contributed by atoms with Crippen LogP contribution in [0, 0.1) is 5.82 Å². The minimum absolute atomic E-state index is 0.189. The van der Waals surface area contributed by atoms with Crippen LogP contribution in [0.5, 0.6) is 0 Å². The maximum absolute atomic E-state index is 13.3. The summed E-state index contributed by atoms with van der Waals surface area (Å²) in [4.78, 5) is 20.1. The molecule has 0 spiro atoms. The fourth-order valence-electron chi connectivity index (χ4n) is 6.02. The minimum atomic E-state index is -0.989.